The highest BCUT2D eigenvalue weighted by Gasteiger charge is 2.25. The second-order valence-electron chi connectivity index (χ2n) is 5.71. The highest BCUT2D eigenvalue weighted by atomic mass is 15.2. The lowest BCUT2D eigenvalue weighted by Crippen LogP contribution is -2.45. The smallest absolute Gasteiger partial charge is 0.0138 e. The van der Waals surface area contributed by atoms with Gasteiger partial charge in [-0.15, -0.1) is 0 Å². The first-order valence-corrected chi connectivity index (χ1v) is 7.61. The van der Waals surface area contributed by atoms with E-state index in [-0.39, 0.29) is 0 Å². The molecule has 1 unspecified atom stereocenters. The fourth-order valence-electron chi connectivity index (χ4n) is 3.27. The molecule has 0 radical (unpaired) electrons. The summed E-state index contributed by atoms with van der Waals surface area (Å²) in [5.74, 6) is 0. The fraction of sp³-hybridized carbons (Fsp3) is 0.647. The molecule has 0 amide bonds. The molecule has 0 spiro atoms. The maximum atomic E-state index is 2.76. The number of hydrogen-bond donors (Lipinski definition) is 0. The van der Waals surface area contributed by atoms with Crippen LogP contribution < -0.4 is 0 Å². The van der Waals surface area contributed by atoms with Crippen molar-refractivity contribution in [3.63, 3.8) is 0 Å². The molecule has 18 heavy (non-hydrogen) atoms. The molecule has 1 heteroatoms. The molecule has 1 nitrogen and oxygen atoms in total. The van der Waals surface area contributed by atoms with Crippen LogP contribution in [0.3, 0.4) is 0 Å². The number of rotatable bonds is 5. The van der Waals surface area contributed by atoms with Gasteiger partial charge in [-0.2, -0.15) is 0 Å². The molecule has 1 aromatic carbocycles. The highest BCUT2D eigenvalue weighted by Crippen LogP contribution is 2.23. The van der Waals surface area contributed by atoms with Gasteiger partial charge in [0, 0.05) is 12.1 Å². The summed E-state index contributed by atoms with van der Waals surface area (Å²) in [6.45, 7) is 6.03. The molecule has 2 rings (SSSR count). The van der Waals surface area contributed by atoms with Gasteiger partial charge in [0.05, 0.1) is 0 Å². The summed E-state index contributed by atoms with van der Waals surface area (Å²) in [7, 11) is 0. The molecule has 1 heterocycles. The number of hydrogen-bond acceptors (Lipinski definition) is 1. The summed E-state index contributed by atoms with van der Waals surface area (Å²) in [6, 6.07) is 12.5. The number of nitrogens with zero attached hydrogens (tertiary/aromatic N) is 1. The summed E-state index contributed by atoms with van der Waals surface area (Å²) in [5.41, 5.74) is 1.49. The third-order valence-corrected chi connectivity index (χ3v) is 4.26. The molecule has 1 saturated heterocycles. The Balaban J connectivity index is 2.02. The molecule has 2 atom stereocenters. The second kappa shape index (κ2) is 6.94. The van der Waals surface area contributed by atoms with Crippen molar-refractivity contribution in [2.45, 2.75) is 64.5 Å². The first-order valence-electron chi connectivity index (χ1n) is 7.61. The van der Waals surface area contributed by atoms with Crippen molar-refractivity contribution in [3.8, 4) is 0 Å². The highest BCUT2D eigenvalue weighted by molar-refractivity contribution is 5.16. The summed E-state index contributed by atoms with van der Waals surface area (Å²) in [4.78, 5) is 2.76. The Morgan fingerprint density at radius 2 is 2.00 bits per heavy atom. The first-order chi connectivity index (χ1) is 8.81. The van der Waals surface area contributed by atoms with E-state index in [0.29, 0.717) is 0 Å². The molecular formula is C17H27N. The molecule has 1 aliphatic heterocycles. The van der Waals surface area contributed by atoms with Crippen molar-refractivity contribution < 1.29 is 0 Å². The van der Waals surface area contributed by atoms with E-state index >= 15 is 0 Å². The van der Waals surface area contributed by atoms with Gasteiger partial charge in [0.1, 0.15) is 0 Å². The Kier molecular flexibility index (Phi) is 5.25. The predicted octanol–water partition coefficient (Wildman–Crippen LogP) is 4.27. The van der Waals surface area contributed by atoms with Crippen LogP contribution in [0.4, 0.5) is 0 Å². The van der Waals surface area contributed by atoms with Crippen LogP contribution in [0.15, 0.2) is 30.3 Å². The van der Waals surface area contributed by atoms with Crippen LogP contribution >= 0.6 is 0 Å². The number of piperidine rings is 1. The average molecular weight is 245 g/mol. The normalized spacial score (nSPS) is 22.9. The molecule has 100 valence electrons. The summed E-state index contributed by atoms with van der Waals surface area (Å²) >= 11 is 0. The zero-order valence-electron chi connectivity index (χ0n) is 11.9. The average Bonchev–Trinajstić information content (AvgIpc) is 2.40. The van der Waals surface area contributed by atoms with Crippen molar-refractivity contribution >= 4 is 0 Å². The van der Waals surface area contributed by atoms with Gasteiger partial charge in [0.2, 0.25) is 0 Å². The lowest BCUT2D eigenvalue weighted by molar-refractivity contribution is 0.0986. The quantitative estimate of drug-likeness (QED) is 0.748. The molecule has 0 aromatic heterocycles. The van der Waals surface area contributed by atoms with Crippen LogP contribution in [0.1, 0.15) is 51.5 Å². The largest absolute Gasteiger partial charge is 0.297 e. The predicted molar refractivity (Wildman–Crippen MR) is 78.9 cm³/mol. The Morgan fingerprint density at radius 1 is 1.22 bits per heavy atom. The van der Waals surface area contributed by atoms with E-state index < -0.39 is 0 Å². The Labute approximate surface area is 112 Å². The summed E-state index contributed by atoms with van der Waals surface area (Å²) < 4.78 is 0. The molecule has 1 fully saturated rings. The Morgan fingerprint density at radius 3 is 2.67 bits per heavy atom. The van der Waals surface area contributed by atoms with Gasteiger partial charge in [-0.1, -0.05) is 50.1 Å². The lowest BCUT2D eigenvalue weighted by Gasteiger charge is -2.40. The third-order valence-electron chi connectivity index (χ3n) is 4.26. The first kappa shape index (κ1) is 13.6. The van der Waals surface area contributed by atoms with Gasteiger partial charge in [0.25, 0.3) is 0 Å². The minimum absolute atomic E-state index is 0.743. The van der Waals surface area contributed by atoms with Gasteiger partial charge in [-0.25, -0.2) is 0 Å². The van der Waals surface area contributed by atoms with Crippen molar-refractivity contribution in [1.29, 1.82) is 0 Å². The van der Waals surface area contributed by atoms with E-state index in [4.69, 9.17) is 0 Å². The van der Waals surface area contributed by atoms with Crippen LogP contribution in [-0.2, 0) is 6.42 Å². The fourth-order valence-corrected chi connectivity index (χ4v) is 3.27. The summed E-state index contributed by atoms with van der Waals surface area (Å²) in [6.07, 6.45) is 8.04. The second-order valence-corrected chi connectivity index (χ2v) is 5.71. The molecule has 0 saturated carbocycles. The van der Waals surface area contributed by atoms with Crippen molar-refractivity contribution in [2.75, 3.05) is 6.54 Å². The number of benzene rings is 1. The molecule has 0 N–H and O–H groups in total. The lowest BCUT2D eigenvalue weighted by atomic mass is 9.95. The SMILES string of the molecule is CCCC(Cc1ccccc1)N1CCCC[C@@H]1C. The van der Waals surface area contributed by atoms with Crippen LogP contribution in [-0.4, -0.2) is 23.5 Å². The third kappa shape index (κ3) is 3.58. The van der Waals surface area contributed by atoms with E-state index in [1.165, 1.54) is 50.6 Å². The zero-order chi connectivity index (χ0) is 12.8. The van der Waals surface area contributed by atoms with Gasteiger partial charge in [0.15, 0.2) is 0 Å². The van der Waals surface area contributed by atoms with Crippen molar-refractivity contribution in [3.05, 3.63) is 35.9 Å². The van der Waals surface area contributed by atoms with Crippen LogP contribution in [0, 0.1) is 0 Å². The van der Waals surface area contributed by atoms with Crippen LogP contribution in [0.25, 0.3) is 0 Å². The van der Waals surface area contributed by atoms with E-state index in [1.807, 2.05) is 0 Å². The van der Waals surface area contributed by atoms with Crippen molar-refractivity contribution in [2.24, 2.45) is 0 Å². The van der Waals surface area contributed by atoms with E-state index in [0.717, 1.165) is 12.1 Å². The van der Waals surface area contributed by atoms with Gasteiger partial charge >= 0.3 is 0 Å². The van der Waals surface area contributed by atoms with E-state index in [2.05, 4.69) is 49.1 Å². The molecule has 1 aliphatic rings. The minimum Gasteiger partial charge on any atom is -0.297 e. The van der Waals surface area contributed by atoms with Crippen molar-refractivity contribution in [1.82, 2.24) is 4.90 Å². The Hall–Kier alpha value is -0.820. The monoisotopic (exact) mass is 245 g/mol. The van der Waals surface area contributed by atoms with Crippen LogP contribution in [0.5, 0.6) is 0 Å². The summed E-state index contributed by atoms with van der Waals surface area (Å²) in [5, 5.41) is 0. The van der Waals surface area contributed by atoms with Gasteiger partial charge < -0.3 is 0 Å². The van der Waals surface area contributed by atoms with E-state index in [9.17, 15) is 0 Å². The minimum atomic E-state index is 0.743. The topological polar surface area (TPSA) is 3.24 Å². The standard InChI is InChI=1S/C17H27N/c1-3-9-17(14-16-11-5-4-6-12-16)18-13-8-7-10-15(18)2/h4-6,11-12,15,17H,3,7-10,13-14H2,1-2H3/t15-,17?/m0/s1. The van der Waals surface area contributed by atoms with Gasteiger partial charge in [-0.05, 0) is 44.7 Å². The van der Waals surface area contributed by atoms with Crippen LogP contribution in [0.2, 0.25) is 0 Å². The molecule has 0 bridgehead atoms. The Bertz CT molecular complexity index is 333. The maximum Gasteiger partial charge on any atom is 0.0138 e. The number of likely N-dealkylation sites (tertiary alicyclic amines) is 1. The maximum absolute atomic E-state index is 2.76. The molecular weight excluding hydrogens is 218 g/mol. The molecule has 0 aliphatic carbocycles. The van der Waals surface area contributed by atoms with E-state index in [1.54, 1.807) is 0 Å². The molecule has 1 aromatic rings. The van der Waals surface area contributed by atoms with Gasteiger partial charge in [-0.3, -0.25) is 4.90 Å². The zero-order valence-corrected chi connectivity index (χ0v) is 11.9.